The van der Waals surface area contributed by atoms with Gasteiger partial charge in [-0.05, 0) is 60.8 Å². The van der Waals surface area contributed by atoms with Gasteiger partial charge in [0.1, 0.15) is 0 Å². The standard InChI is InChI=1S/C32H42N2O4/c1-7-15-31(5,16-8-2)19-33-27(35)21-11-13-23-26-24(14-12-22(25(21)26)28(33)36)30(38)34(29(23)37)20-32(6,17-9-3)18-10-4/h11-14H,7-10,15-20H2,1-6H3. The first-order chi connectivity index (χ1) is 18.0. The highest BCUT2D eigenvalue weighted by Crippen LogP contribution is 2.41. The van der Waals surface area contributed by atoms with Gasteiger partial charge in [0, 0.05) is 46.1 Å². The van der Waals surface area contributed by atoms with Crippen molar-refractivity contribution in [2.45, 2.75) is 92.9 Å². The number of hydrogen-bond acceptors (Lipinski definition) is 4. The van der Waals surface area contributed by atoms with Crippen LogP contribution in [0.1, 0.15) is 134 Å². The number of rotatable bonds is 12. The van der Waals surface area contributed by atoms with Gasteiger partial charge in [-0.15, -0.1) is 0 Å². The molecule has 2 aliphatic heterocycles. The minimum absolute atomic E-state index is 0.160. The van der Waals surface area contributed by atoms with Gasteiger partial charge >= 0.3 is 0 Å². The molecule has 4 amide bonds. The lowest BCUT2D eigenvalue weighted by molar-refractivity contribution is 0.0498. The predicted molar refractivity (Wildman–Crippen MR) is 151 cm³/mol. The monoisotopic (exact) mass is 518 g/mol. The zero-order valence-corrected chi connectivity index (χ0v) is 23.9. The number of hydrogen-bond donors (Lipinski definition) is 0. The summed E-state index contributed by atoms with van der Waals surface area (Å²) < 4.78 is 0. The summed E-state index contributed by atoms with van der Waals surface area (Å²) in [6.45, 7) is 13.5. The molecule has 0 fully saturated rings. The topological polar surface area (TPSA) is 74.8 Å². The van der Waals surface area contributed by atoms with Gasteiger partial charge < -0.3 is 0 Å². The smallest absolute Gasteiger partial charge is 0.261 e. The van der Waals surface area contributed by atoms with E-state index in [1.54, 1.807) is 24.3 Å². The Bertz CT molecular complexity index is 1110. The summed E-state index contributed by atoms with van der Waals surface area (Å²) in [6, 6.07) is 6.69. The molecule has 0 unspecified atom stereocenters. The molecule has 0 spiro atoms. The van der Waals surface area contributed by atoms with Gasteiger partial charge in [0.15, 0.2) is 0 Å². The van der Waals surface area contributed by atoms with Crippen LogP contribution in [0.5, 0.6) is 0 Å². The van der Waals surface area contributed by atoms with Gasteiger partial charge in [-0.2, -0.15) is 0 Å². The fraction of sp³-hybridized carbons (Fsp3) is 0.562. The minimum Gasteiger partial charge on any atom is -0.274 e. The van der Waals surface area contributed by atoms with Crippen LogP contribution in [0, 0.1) is 10.8 Å². The third-order valence-corrected chi connectivity index (χ3v) is 8.56. The molecule has 6 heteroatoms. The first-order valence-electron chi connectivity index (χ1n) is 14.4. The van der Waals surface area contributed by atoms with Crippen molar-refractivity contribution < 1.29 is 19.2 Å². The number of nitrogens with zero attached hydrogens (tertiary/aromatic N) is 2. The molecule has 0 atom stereocenters. The molecule has 0 N–H and O–H groups in total. The summed E-state index contributed by atoms with van der Waals surface area (Å²) >= 11 is 0. The summed E-state index contributed by atoms with van der Waals surface area (Å²) in [5, 5.41) is 0.898. The maximum Gasteiger partial charge on any atom is 0.261 e. The number of carbonyl (C=O) groups is 4. The molecule has 2 aliphatic rings. The van der Waals surface area contributed by atoms with Crippen molar-refractivity contribution in [3.63, 3.8) is 0 Å². The maximum absolute atomic E-state index is 13.7. The Morgan fingerprint density at radius 2 is 0.737 bits per heavy atom. The van der Waals surface area contributed by atoms with Gasteiger partial charge in [-0.1, -0.05) is 67.2 Å². The molecule has 204 valence electrons. The lowest BCUT2D eigenvalue weighted by atomic mass is 9.79. The Kier molecular flexibility index (Phi) is 7.83. The molecule has 38 heavy (non-hydrogen) atoms. The van der Waals surface area contributed by atoms with E-state index in [0.29, 0.717) is 46.1 Å². The second kappa shape index (κ2) is 10.6. The zero-order valence-electron chi connectivity index (χ0n) is 23.9. The average Bonchev–Trinajstić information content (AvgIpc) is 2.87. The Morgan fingerprint density at radius 3 is 0.947 bits per heavy atom. The van der Waals surface area contributed by atoms with E-state index in [-0.39, 0.29) is 34.5 Å². The van der Waals surface area contributed by atoms with Crippen molar-refractivity contribution in [3.05, 3.63) is 46.5 Å². The van der Waals surface area contributed by atoms with Crippen LogP contribution < -0.4 is 0 Å². The van der Waals surface area contributed by atoms with E-state index < -0.39 is 0 Å². The van der Waals surface area contributed by atoms with E-state index in [1.807, 2.05) is 0 Å². The van der Waals surface area contributed by atoms with E-state index in [0.717, 1.165) is 51.4 Å². The first kappa shape index (κ1) is 28.0. The van der Waals surface area contributed by atoms with Crippen molar-refractivity contribution in [1.29, 1.82) is 0 Å². The SMILES string of the molecule is CCCC(C)(CCC)CN1C(=O)c2ccc3c4c(ccc(c24)C1=O)C(=O)N(CC(C)(CCC)CCC)C3=O. The Labute approximate surface area is 226 Å². The molecule has 2 aromatic rings. The van der Waals surface area contributed by atoms with Crippen molar-refractivity contribution >= 4 is 34.4 Å². The average molecular weight is 519 g/mol. The molecule has 0 bridgehead atoms. The highest BCUT2D eigenvalue weighted by molar-refractivity contribution is 6.33. The zero-order chi connectivity index (χ0) is 27.8. The van der Waals surface area contributed by atoms with E-state index in [4.69, 9.17) is 0 Å². The van der Waals surface area contributed by atoms with Crippen molar-refractivity contribution in [3.8, 4) is 0 Å². The third kappa shape index (κ3) is 4.67. The van der Waals surface area contributed by atoms with Crippen LogP contribution >= 0.6 is 0 Å². The van der Waals surface area contributed by atoms with E-state index >= 15 is 0 Å². The van der Waals surface area contributed by atoms with Crippen LogP contribution in [-0.2, 0) is 0 Å². The lowest BCUT2D eigenvalue weighted by Crippen LogP contribution is -2.48. The van der Waals surface area contributed by atoms with Crippen molar-refractivity contribution in [1.82, 2.24) is 9.80 Å². The summed E-state index contributed by atoms with van der Waals surface area (Å²) in [7, 11) is 0. The van der Waals surface area contributed by atoms with Crippen LogP contribution in [0.2, 0.25) is 0 Å². The first-order valence-corrected chi connectivity index (χ1v) is 14.4. The fourth-order valence-electron chi connectivity index (χ4n) is 7.01. The maximum atomic E-state index is 13.7. The van der Waals surface area contributed by atoms with Gasteiger partial charge in [-0.3, -0.25) is 29.0 Å². The van der Waals surface area contributed by atoms with Crippen LogP contribution in [0.4, 0.5) is 0 Å². The molecular weight excluding hydrogens is 476 g/mol. The second-order valence-corrected chi connectivity index (χ2v) is 12.1. The van der Waals surface area contributed by atoms with E-state index in [9.17, 15) is 19.2 Å². The van der Waals surface area contributed by atoms with E-state index in [1.165, 1.54) is 9.80 Å². The van der Waals surface area contributed by atoms with Gasteiger partial charge in [-0.25, -0.2) is 0 Å². The summed E-state index contributed by atoms with van der Waals surface area (Å²) in [5.74, 6) is -1.37. The van der Waals surface area contributed by atoms with Crippen LogP contribution in [0.25, 0.3) is 10.8 Å². The largest absolute Gasteiger partial charge is 0.274 e. The Morgan fingerprint density at radius 1 is 0.500 bits per heavy atom. The highest BCUT2D eigenvalue weighted by Gasteiger charge is 2.42. The molecule has 0 saturated heterocycles. The van der Waals surface area contributed by atoms with Gasteiger partial charge in [0.25, 0.3) is 23.6 Å². The van der Waals surface area contributed by atoms with Crippen LogP contribution in [0.15, 0.2) is 24.3 Å². The van der Waals surface area contributed by atoms with Gasteiger partial charge in [0.2, 0.25) is 0 Å². The summed E-state index contributed by atoms with van der Waals surface area (Å²) in [5.41, 5.74) is 1.26. The number of carbonyl (C=O) groups excluding carboxylic acids is 4. The molecule has 0 saturated carbocycles. The minimum atomic E-state index is -0.342. The predicted octanol–water partition coefficient (Wildman–Crippen LogP) is 7.24. The normalized spacial score (nSPS) is 15.7. The molecule has 0 radical (unpaired) electrons. The molecule has 2 aromatic carbocycles. The highest BCUT2D eigenvalue weighted by atomic mass is 16.2. The fourth-order valence-corrected chi connectivity index (χ4v) is 7.01. The van der Waals surface area contributed by atoms with Crippen molar-refractivity contribution in [2.75, 3.05) is 13.1 Å². The summed E-state index contributed by atoms with van der Waals surface area (Å²) in [4.78, 5) is 57.6. The Hall–Kier alpha value is -3.02. The van der Waals surface area contributed by atoms with E-state index in [2.05, 4.69) is 41.5 Å². The molecular formula is C32H42N2O4. The summed E-state index contributed by atoms with van der Waals surface area (Å²) in [6.07, 6.45) is 7.59. The van der Waals surface area contributed by atoms with Gasteiger partial charge in [0.05, 0.1) is 0 Å². The number of imide groups is 2. The third-order valence-electron chi connectivity index (χ3n) is 8.56. The van der Waals surface area contributed by atoms with Crippen LogP contribution in [0.3, 0.4) is 0 Å². The molecule has 2 heterocycles. The Balaban J connectivity index is 1.78. The quantitative estimate of drug-likeness (QED) is 0.278. The lowest BCUT2D eigenvalue weighted by Gasteiger charge is -2.38. The van der Waals surface area contributed by atoms with Crippen molar-refractivity contribution in [2.24, 2.45) is 10.8 Å². The molecule has 0 aromatic heterocycles. The number of amides is 4. The van der Waals surface area contributed by atoms with Crippen LogP contribution in [-0.4, -0.2) is 46.5 Å². The second-order valence-electron chi connectivity index (χ2n) is 12.1. The molecule has 6 nitrogen and oxygen atoms in total. The molecule has 0 aliphatic carbocycles. The number of benzene rings is 2. The molecule has 4 rings (SSSR count).